The molecule has 2 atom stereocenters. The van der Waals surface area contributed by atoms with E-state index in [1.165, 1.54) is 43.5 Å². The third-order valence-electron chi connectivity index (χ3n) is 5.38. The van der Waals surface area contributed by atoms with Crippen LogP contribution in [0.1, 0.15) is 25.1 Å². The summed E-state index contributed by atoms with van der Waals surface area (Å²) in [5, 5.41) is 17.9. The summed E-state index contributed by atoms with van der Waals surface area (Å²) in [5.74, 6) is -4.73. The van der Waals surface area contributed by atoms with E-state index in [1.807, 2.05) is 0 Å². The monoisotopic (exact) mass is 638 g/mol. The van der Waals surface area contributed by atoms with Gasteiger partial charge < -0.3 is 25.4 Å². The number of thiazole rings is 1. The normalized spacial score (nSPS) is 16.9. The van der Waals surface area contributed by atoms with E-state index in [1.54, 1.807) is 0 Å². The number of methoxy groups -OCH3 is 1. The summed E-state index contributed by atoms with van der Waals surface area (Å²) in [6, 6.07) is 1.54. The summed E-state index contributed by atoms with van der Waals surface area (Å²) in [6.45, 7) is 2.24. The molecule has 0 bridgehead atoms. The van der Waals surface area contributed by atoms with Crippen LogP contribution in [0.3, 0.4) is 0 Å². The molecule has 2 aromatic rings. The standard InChI is InChI=1S/C21H22N6O12S2.Na.H/c1-21(2,19(31)38-8-10-4-6-11(7-5-10)27(32)33)39-25-13(12-9-40-20(22)23-12)16(28)24-14-15(18(30)37-3)26(17(14)29)41(34,35)36;;/h4-7,9,14-15H,8H2,1-3H3,(H2,22,23)(H,24,28)(H,34,35,36);;/b25-13-;;. The van der Waals surface area contributed by atoms with Crippen LogP contribution in [0.25, 0.3) is 0 Å². The Kier molecular flexibility index (Phi) is 11.1. The van der Waals surface area contributed by atoms with Crippen LogP contribution < -0.4 is 11.1 Å². The van der Waals surface area contributed by atoms with Gasteiger partial charge in [-0.2, -0.15) is 12.7 Å². The zero-order chi connectivity index (χ0) is 30.7. The van der Waals surface area contributed by atoms with Gasteiger partial charge in [0.1, 0.15) is 18.3 Å². The fraction of sp³-hybridized carbons (Fsp3) is 0.333. The number of esters is 2. The Morgan fingerprint density at radius 1 is 1.29 bits per heavy atom. The van der Waals surface area contributed by atoms with Crippen LogP contribution in [0.5, 0.6) is 0 Å². The average molecular weight is 639 g/mol. The third-order valence-corrected chi connectivity index (χ3v) is 6.96. The Hall–Kier alpha value is -3.69. The number of nitro benzene ring substituents is 1. The fourth-order valence-electron chi connectivity index (χ4n) is 3.26. The van der Waals surface area contributed by atoms with Crippen molar-refractivity contribution < 1.29 is 51.4 Å². The minimum atomic E-state index is -5.16. The number of nitrogens with zero attached hydrogens (tertiary/aromatic N) is 4. The number of hydrogen-bond acceptors (Lipinski definition) is 15. The van der Waals surface area contributed by atoms with Crippen LogP contribution >= 0.6 is 11.3 Å². The molecule has 21 heteroatoms. The molecule has 2 unspecified atom stereocenters. The number of β-lactam (4-membered cyclic amide) rings is 1. The van der Waals surface area contributed by atoms with Gasteiger partial charge in [-0.25, -0.2) is 14.6 Å². The third kappa shape index (κ3) is 7.77. The van der Waals surface area contributed by atoms with E-state index in [4.69, 9.17) is 15.3 Å². The Balaban J connectivity index is 0.00000616. The van der Waals surface area contributed by atoms with E-state index in [2.05, 4.69) is 20.2 Å². The van der Waals surface area contributed by atoms with Crippen molar-refractivity contribution in [3.8, 4) is 0 Å². The molecule has 4 N–H and O–H groups in total. The summed E-state index contributed by atoms with van der Waals surface area (Å²) in [6.07, 6.45) is 0. The van der Waals surface area contributed by atoms with Gasteiger partial charge in [-0.05, 0) is 31.5 Å². The minimum absolute atomic E-state index is 0. The number of hydrogen-bond donors (Lipinski definition) is 3. The first-order valence-electron chi connectivity index (χ1n) is 11.1. The molecule has 1 aromatic heterocycles. The number of carbonyl (C=O) groups excluding carboxylic acids is 4. The SMILES string of the molecule is COC(=O)C1C(NC(=O)/C(=N\OC(C)(C)C(=O)OCc2ccc([N+](=O)[O-])cc2)c2csc(N)n2)C(=O)N1S(=O)(=O)O.[NaH]. The molecule has 0 spiro atoms. The second kappa shape index (κ2) is 13.5. The van der Waals surface area contributed by atoms with Gasteiger partial charge in [-0.3, -0.25) is 24.3 Å². The molecule has 0 aliphatic carbocycles. The van der Waals surface area contributed by atoms with E-state index in [-0.39, 0.29) is 57.0 Å². The van der Waals surface area contributed by atoms with E-state index in [9.17, 15) is 42.3 Å². The molecule has 0 radical (unpaired) electrons. The van der Waals surface area contributed by atoms with Crippen molar-refractivity contribution in [2.24, 2.45) is 5.16 Å². The number of amides is 2. The van der Waals surface area contributed by atoms with E-state index < -0.39 is 62.4 Å². The number of nitrogens with two attached hydrogens (primary N) is 1. The number of nitrogen functional groups attached to an aromatic ring is 1. The van der Waals surface area contributed by atoms with Gasteiger partial charge in [0.15, 0.2) is 16.9 Å². The number of anilines is 1. The van der Waals surface area contributed by atoms with Crippen LogP contribution in [0.4, 0.5) is 10.8 Å². The number of carbonyl (C=O) groups is 4. The number of benzene rings is 1. The van der Waals surface area contributed by atoms with Crippen LogP contribution in [-0.4, -0.2) is 111 Å². The topological polar surface area (TPSA) is 260 Å². The Morgan fingerprint density at radius 3 is 2.40 bits per heavy atom. The first kappa shape index (κ1) is 34.5. The number of rotatable bonds is 11. The first-order valence-corrected chi connectivity index (χ1v) is 13.4. The van der Waals surface area contributed by atoms with Crippen LogP contribution in [0, 0.1) is 10.1 Å². The molecule has 2 amide bonds. The van der Waals surface area contributed by atoms with Gasteiger partial charge in [-0.15, -0.1) is 11.3 Å². The van der Waals surface area contributed by atoms with Crippen molar-refractivity contribution in [3.63, 3.8) is 0 Å². The van der Waals surface area contributed by atoms with Crippen molar-refractivity contribution in [2.75, 3.05) is 12.8 Å². The molecule has 2 heterocycles. The molecular weight excluding hydrogens is 615 g/mol. The molecule has 1 fully saturated rings. The Bertz CT molecular complexity index is 1530. The summed E-state index contributed by atoms with van der Waals surface area (Å²) in [7, 11) is -4.26. The molecule has 0 saturated carbocycles. The second-order valence-corrected chi connectivity index (χ2v) is 10.8. The number of nitrogens with one attached hydrogen (secondary N) is 1. The molecular formula is C21H23N6NaO12S2. The van der Waals surface area contributed by atoms with Gasteiger partial charge in [0.2, 0.25) is 5.60 Å². The van der Waals surface area contributed by atoms with Gasteiger partial charge in [0.05, 0.1) is 12.0 Å². The number of nitro groups is 1. The van der Waals surface area contributed by atoms with Gasteiger partial charge in [0, 0.05) is 17.5 Å². The molecule has 222 valence electrons. The molecule has 1 aliphatic heterocycles. The summed E-state index contributed by atoms with van der Waals surface area (Å²) in [4.78, 5) is 69.5. The van der Waals surface area contributed by atoms with Crippen molar-refractivity contribution in [1.29, 1.82) is 0 Å². The molecule has 1 aliphatic rings. The van der Waals surface area contributed by atoms with Gasteiger partial charge >= 0.3 is 51.8 Å². The molecule has 1 saturated heterocycles. The van der Waals surface area contributed by atoms with E-state index in [0.29, 0.717) is 5.56 Å². The quantitative estimate of drug-likeness (QED) is 0.0502. The number of oxime groups is 1. The zero-order valence-electron chi connectivity index (χ0n) is 21.4. The number of ether oxygens (including phenoxy) is 2. The van der Waals surface area contributed by atoms with Crippen LogP contribution in [-0.2, 0) is 50.4 Å². The van der Waals surface area contributed by atoms with E-state index >= 15 is 0 Å². The molecule has 42 heavy (non-hydrogen) atoms. The maximum absolute atomic E-state index is 13.1. The van der Waals surface area contributed by atoms with Crippen LogP contribution in [0.2, 0.25) is 0 Å². The summed E-state index contributed by atoms with van der Waals surface area (Å²) >= 11 is 0.905. The van der Waals surface area contributed by atoms with Gasteiger partial charge in [-0.1, -0.05) is 5.16 Å². The predicted molar refractivity (Wildman–Crippen MR) is 144 cm³/mol. The van der Waals surface area contributed by atoms with Crippen LogP contribution in [0.15, 0.2) is 34.8 Å². The van der Waals surface area contributed by atoms with Crippen molar-refractivity contribution in [3.05, 3.63) is 51.0 Å². The maximum atomic E-state index is 13.1. The van der Waals surface area contributed by atoms with Crippen molar-refractivity contribution >= 4 is 91.5 Å². The summed E-state index contributed by atoms with van der Waals surface area (Å²) < 4.78 is 41.7. The zero-order valence-corrected chi connectivity index (χ0v) is 23.0. The first-order chi connectivity index (χ1) is 19.1. The Labute approximate surface area is 263 Å². The van der Waals surface area contributed by atoms with E-state index in [0.717, 1.165) is 18.4 Å². The van der Waals surface area contributed by atoms with Gasteiger partial charge in [0.25, 0.3) is 17.5 Å². The second-order valence-electron chi connectivity index (χ2n) is 8.64. The van der Waals surface area contributed by atoms with Crippen molar-refractivity contribution in [1.82, 2.24) is 14.6 Å². The molecule has 1 aromatic carbocycles. The Morgan fingerprint density at radius 2 is 1.90 bits per heavy atom. The predicted octanol–water partition coefficient (Wildman–Crippen LogP) is -1.10. The number of non-ortho nitro benzene ring substituents is 1. The molecule has 18 nitrogen and oxygen atoms in total. The summed E-state index contributed by atoms with van der Waals surface area (Å²) in [5.41, 5.74) is 3.32. The fourth-order valence-corrected chi connectivity index (χ4v) is 4.64. The molecule has 3 rings (SSSR count). The van der Waals surface area contributed by atoms with Crippen molar-refractivity contribution in [2.45, 2.75) is 38.1 Å². The average Bonchev–Trinajstić information content (AvgIpc) is 3.33. The number of aromatic nitrogens is 1.